The molecule has 1 atom stereocenters. The fraction of sp³-hybridized carbons (Fsp3) is 0.467. The molecule has 3 nitrogen and oxygen atoms in total. The number of allylic oxidation sites excluding steroid dienone is 4. The van der Waals surface area contributed by atoms with Crippen LogP contribution in [-0.2, 0) is 9.59 Å². The third-order valence-electron chi connectivity index (χ3n) is 2.43. The number of hydrogen-bond acceptors (Lipinski definition) is 2. The second kappa shape index (κ2) is 9.40. The molecule has 1 fully saturated rings. The maximum absolute atomic E-state index is 11.6. The van der Waals surface area contributed by atoms with Crippen LogP contribution < -0.4 is 0 Å². The summed E-state index contributed by atoms with van der Waals surface area (Å²) in [4.78, 5) is 22.5. The number of hydrogen-bond donors (Lipinski definition) is 0. The van der Waals surface area contributed by atoms with Crippen LogP contribution in [0.2, 0.25) is 0 Å². The Hall–Kier alpha value is -2.64. The average Bonchev–Trinajstić information content (AvgIpc) is 2.34. The van der Waals surface area contributed by atoms with Gasteiger partial charge in [0.15, 0.2) is 0 Å². The van der Waals surface area contributed by atoms with Gasteiger partial charge in [-0.2, -0.15) is 0 Å². The number of rotatable bonds is 3. The molecule has 0 aromatic carbocycles. The molecular formula is C15H22NO2Rf-. The number of nitrogens with zero attached hydrogens (tertiary/aromatic N) is 1. The molecular weight excluding hydrogens is 493 g/mol. The molecule has 0 spiro atoms. The average molecular weight is 515 g/mol. The van der Waals surface area contributed by atoms with E-state index in [4.69, 9.17) is 0 Å². The van der Waals surface area contributed by atoms with Crippen LogP contribution in [0, 0.1) is 5.92 Å². The largest absolute Gasteiger partial charge is 0.595 e. The van der Waals surface area contributed by atoms with Crippen molar-refractivity contribution in [1.29, 1.82) is 0 Å². The van der Waals surface area contributed by atoms with Crippen molar-refractivity contribution >= 4 is 11.8 Å². The molecule has 1 rings (SSSR count). The number of amides is 2. The van der Waals surface area contributed by atoms with Gasteiger partial charge in [0, 0.05) is 5.92 Å². The van der Waals surface area contributed by atoms with Gasteiger partial charge in [0.25, 0.3) is 0 Å². The van der Waals surface area contributed by atoms with E-state index in [0.29, 0.717) is 12.8 Å². The van der Waals surface area contributed by atoms with Crippen LogP contribution in [0.5, 0.6) is 0 Å². The minimum Gasteiger partial charge on any atom is -0.595 e. The van der Waals surface area contributed by atoms with Crippen molar-refractivity contribution in [2.24, 2.45) is 5.92 Å². The Morgan fingerprint density at radius 3 is 2.26 bits per heavy atom. The molecule has 0 aliphatic carbocycles. The Morgan fingerprint density at radius 2 is 1.84 bits per heavy atom. The quantitative estimate of drug-likeness (QED) is 0.423. The summed E-state index contributed by atoms with van der Waals surface area (Å²) in [6.45, 7) is 11.7. The Balaban J connectivity index is 0. The van der Waals surface area contributed by atoms with Crippen molar-refractivity contribution in [3.05, 3.63) is 41.3 Å². The van der Waals surface area contributed by atoms with Crippen LogP contribution in [-0.4, -0.2) is 11.8 Å². The molecule has 1 aliphatic rings. The summed E-state index contributed by atoms with van der Waals surface area (Å²) in [5.74, 6) is -0.956. The van der Waals surface area contributed by atoms with Crippen LogP contribution >= 0.6 is 0 Å². The Kier molecular flexibility index (Phi) is 9.26. The van der Waals surface area contributed by atoms with Gasteiger partial charge in [-0.25, -0.2) is 0 Å². The van der Waals surface area contributed by atoms with Gasteiger partial charge in [-0.1, -0.05) is 44.2 Å². The van der Waals surface area contributed by atoms with Crippen molar-refractivity contribution in [3.8, 4) is 0 Å². The molecule has 19 heavy (non-hydrogen) atoms. The maximum atomic E-state index is 11.6. The van der Waals surface area contributed by atoms with Gasteiger partial charge >= 0.3 is 0 Å². The molecule has 0 bridgehead atoms. The first-order valence-corrected chi connectivity index (χ1v) is 6.30. The van der Waals surface area contributed by atoms with E-state index in [1.807, 2.05) is 39.8 Å². The van der Waals surface area contributed by atoms with E-state index < -0.39 is 0 Å². The summed E-state index contributed by atoms with van der Waals surface area (Å²) in [7, 11) is 0. The molecule has 4 heteroatoms. The third kappa shape index (κ3) is 6.01. The second-order valence-electron chi connectivity index (χ2n) is 4.05. The SMILES string of the molecule is C=C/C(=C\C=C(C)C)C1CCC(=O)[N-]C1=O.CC.[Rf]. The van der Waals surface area contributed by atoms with E-state index in [-0.39, 0.29) is 17.7 Å². The van der Waals surface area contributed by atoms with E-state index >= 15 is 0 Å². The molecule has 1 aliphatic heterocycles. The molecule has 1 heterocycles. The van der Waals surface area contributed by atoms with Crippen molar-refractivity contribution in [2.75, 3.05) is 0 Å². The van der Waals surface area contributed by atoms with Gasteiger partial charge in [-0.05, 0) is 32.3 Å². The number of carbonyl (C=O) groups is 2. The third-order valence-corrected chi connectivity index (χ3v) is 2.43. The summed E-state index contributed by atoms with van der Waals surface area (Å²) in [5.41, 5.74) is 1.98. The molecule has 0 aromatic heterocycles. The maximum Gasteiger partial charge on any atom is 0.0641 e. The topological polar surface area (TPSA) is 48.2 Å². The number of carbonyl (C=O) groups excluding carboxylic acids is 2. The first-order chi connectivity index (χ1) is 8.54. The fourth-order valence-electron chi connectivity index (χ4n) is 1.55. The van der Waals surface area contributed by atoms with Crippen molar-refractivity contribution in [1.82, 2.24) is 0 Å². The zero-order valence-electron chi connectivity index (χ0n) is 12.4. The van der Waals surface area contributed by atoms with E-state index in [0.717, 1.165) is 11.1 Å². The van der Waals surface area contributed by atoms with Gasteiger partial charge in [0.1, 0.15) is 0 Å². The smallest absolute Gasteiger partial charge is 0.0641 e. The molecule has 0 aromatic rings. The standard InChI is InChI=1S/C13H17NO2.C2H6.Rf/c1-4-10(6-5-9(2)3)11-7-8-12(15)14-13(11)16;1-2;/h4-6,11H,1,7-8H2,2-3H3,(H,14,15,16);1-2H3;/p-1/b10-6+;;. The van der Waals surface area contributed by atoms with Gasteiger partial charge in [0.05, 0.1) is 11.8 Å². The second-order valence-corrected chi connectivity index (χ2v) is 4.05. The molecule has 0 saturated carbocycles. The summed E-state index contributed by atoms with van der Waals surface area (Å²) < 4.78 is 0. The van der Waals surface area contributed by atoms with Gasteiger partial charge < -0.3 is 14.9 Å². The number of piperidine rings is 1. The molecule has 1 saturated heterocycles. The normalized spacial score (nSPS) is 18.3. The van der Waals surface area contributed by atoms with Crippen LogP contribution in [0.25, 0.3) is 5.32 Å². The zero-order chi connectivity index (χ0) is 14.1. The first kappa shape index (κ1) is 18.7. The summed E-state index contributed by atoms with van der Waals surface area (Å²) in [6, 6.07) is 0. The minimum atomic E-state index is -0.343. The summed E-state index contributed by atoms with van der Waals surface area (Å²) in [5, 5.41) is 3.47. The summed E-state index contributed by atoms with van der Waals surface area (Å²) >= 11 is 0. The fourth-order valence-corrected chi connectivity index (χ4v) is 1.55. The van der Waals surface area contributed by atoms with Crippen LogP contribution in [0.3, 0.4) is 0 Å². The van der Waals surface area contributed by atoms with Crippen molar-refractivity contribution < 1.29 is 9.59 Å². The molecule has 1 unspecified atom stereocenters. The predicted molar refractivity (Wildman–Crippen MR) is 75.2 cm³/mol. The molecule has 2 amide bonds. The Morgan fingerprint density at radius 1 is 1.26 bits per heavy atom. The van der Waals surface area contributed by atoms with Crippen LogP contribution in [0.1, 0.15) is 40.5 Å². The minimum absolute atomic E-state index is 0. The van der Waals surface area contributed by atoms with Crippen molar-refractivity contribution in [3.63, 3.8) is 0 Å². The van der Waals surface area contributed by atoms with Crippen LogP contribution in [0.4, 0.5) is 0 Å². The van der Waals surface area contributed by atoms with Gasteiger partial charge in [0.2, 0.25) is 0 Å². The van der Waals surface area contributed by atoms with Crippen molar-refractivity contribution in [2.45, 2.75) is 40.5 Å². The monoisotopic (exact) mass is 515 g/mol. The van der Waals surface area contributed by atoms with Gasteiger partial charge in [-0.3, -0.25) is 0 Å². The van der Waals surface area contributed by atoms with Gasteiger partial charge in [-0.15, -0.1) is 0 Å². The molecule has 0 N–H and O–H groups in total. The molecule has 102 valence electrons. The summed E-state index contributed by atoms with van der Waals surface area (Å²) in [6.07, 6.45) is 6.34. The first-order valence-electron chi connectivity index (χ1n) is 6.30. The predicted octanol–water partition coefficient (Wildman–Crippen LogP) is 3.93. The molecule has 0 radical (unpaired) electrons. The number of imide groups is 1. The zero-order valence-corrected chi connectivity index (χ0v) is 18.8. The van der Waals surface area contributed by atoms with Crippen LogP contribution in [0.15, 0.2) is 36.0 Å². The van der Waals surface area contributed by atoms with E-state index in [1.165, 1.54) is 0 Å². The Bertz CT molecular complexity index is 380. The van der Waals surface area contributed by atoms with E-state index in [9.17, 15) is 9.59 Å². The Labute approximate surface area is 110 Å². The van der Waals surface area contributed by atoms with E-state index in [2.05, 4.69) is 11.9 Å². The van der Waals surface area contributed by atoms with E-state index in [1.54, 1.807) is 6.08 Å².